The Morgan fingerprint density at radius 1 is 1.54 bits per heavy atom. The quantitative estimate of drug-likeness (QED) is 0.779. The number of aromatic nitrogens is 1. The van der Waals surface area contributed by atoms with Gasteiger partial charge in [0.15, 0.2) is 0 Å². The third kappa shape index (κ3) is 2.27. The largest absolute Gasteiger partial charge is 0.389 e. The van der Waals surface area contributed by atoms with Crippen LogP contribution in [-0.4, -0.2) is 28.9 Å². The van der Waals surface area contributed by atoms with Crippen LogP contribution in [0.15, 0.2) is 11.7 Å². The first kappa shape index (κ1) is 9.12. The lowest BCUT2D eigenvalue weighted by Crippen LogP contribution is -2.37. The molecule has 1 aliphatic rings. The van der Waals surface area contributed by atoms with Crippen LogP contribution in [0.3, 0.4) is 0 Å². The first-order valence-corrected chi connectivity index (χ1v) is 5.34. The SMILES string of the molecule is OC1(Cc2cncs2)CCOCC1. The maximum absolute atomic E-state index is 10.1. The van der Waals surface area contributed by atoms with Crippen LogP contribution < -0.4 is 0 Å². The number of hydrogen-bond acceptors (Lipinski definition) is 4. The van der Waals surface area contributed by atoms with Crippen LogP contribution in [0.5, 0.6) is 0 Å². The van der Waals surface area contributed by atoms with Crippen LogP contribution in [0.2, 0.25) is 0 Å². The molecule has 0 amide bonds. The highest BCUT2D eigenvalue weighted by Gasteiger charge is 2.30. The minimum atomic E-state index is -0.551. The van der Waals surface area contributed by atoms with Crippen molar-refractivity contribution in [3.8, 4) is 0 Å². The summed E-state index contributed by atoms with van der Waals surface area (Å²) in [7, 11) is 0. The van der Waals surface area contributed by atoms with Gasteiger partial charge in [0, 0.05) is 30.7 Å². The molecule has 1 aromatic rings. The highest BCUT2D eigenvalue weighted by Crippen LogP contribution is 2.26. The molecule has 4 heteroatoms. The Labute approximate surface area is 81.4 Å². The van der Waals surface area contributed by atoms with E-state index in [1.54, 1.807) is 16.8 Å². The molecular formula is C9H13NO2S. The Kier molecular flexibility index (Phi) is 2.62. The van der Waals surface area contributed by atoms with Gasteiger partial charge in [-0.15, -0.1) is 11.3 Å². The van der Waals surface area contributed by atoms with Gasteiger partial charge < -0.3 is 9.84 Å². The summed E-state index contributed by atoms with van der Waals surface area (Å²) in [5.74, 6) is 0. The van der Waals surface area contributed by atoms with Crippen LogP contribution in [0, 0.1) is 0 Å². The summed E-state index contributed by atoms with van der Waals surface area (Å²) in [6, 6.07) is 0. The van der Waals surface area contributed by atoms with E-state index in [2.05, 4.69) is 4.98 Å². The molecule has 1 aromatic heterocycles. The molecular weight excluding hydrogens is 186 g/mol. The van der Waals surface area contributed by atoms with Crippen molar-refractivity contribution in [1.82, 2.24) is 4.98 Å². The summed E-state index contributed by atoms with van der Waals surface area (Å²) in [5, 5.41) is 10.1. The molecule has 0 radical (unpaired) electrons. The highest BCUT2D eigenvalue weighted by atomic mass is 32.1. The van der Waals surface area contributed by atoms with Gasteiger partial charge in [0.25, 0.3) is 0 Å². The van der Waals surface area contributed by atoms with E-state index in [9.17, 15) is 5.11 Å². The topological polar surface area (TPSA) is 42.4 Å². The third-order valence-electron chi connectivity index (χ3n) is 2.41. The van der Waals surface area contributed by atoms with Crippen LogP contribution in [0.1, 0.15) is 17.7 Å². The summed E-state index contributed by atoms with van der Waals surface area (Å²) < 4.78 is 5.21. The van der Waals surface area contributed by atoms with Gasteiger partial charge in [-0.25, -0.2) is 0 Å². The number of ether oxygens (including phenoxy) is 1. The molecule has 0 atom stereocenters. The molecule has 2 heterocycles. The molecule has 0 aromatic carbocycles. The molecule has 72 valence electrons. The number of rotatable bonds is 2. The van der Waals surface area contributed by atoms with E-state index in [1.165, 1.54) is 0 Å². The Morgan fingerprint density at radius 2 is 2.31 bits per heavy atom. The minimum Gasteiger partial charge on any atom is -0.389 e. The summed E-state index contributed by atoms with van der Waals surface area (Å²) in [4.78, 5) is 5.15. The lowest BCUT2D eigenvalue weighted by molar-refractivity contribution is -0.0621. The summed E-state index contributed by atoms with van der Waals surface area (Å²) >= 11 is 1.60. The van der Waals surface area contributed by atoms with Crippen molar-refractivity contribution in [3.05, 3.63) is 16.6 Å². The zero-order chi connectivity index (χ0) is 9.15. The van der Waals surface area contributed by atoms with Crippen molar-refractivity contribution in [2.45, 2.75) is 24.9 Å². The maximum Gasteiger partial charge on any atom is 0.0794 e. The number of nitrogens with zero attached hydrogens (tertiary/aromatic N) is 1. The normalized spacial score (nSPS) is 21.6. The van der Waals surface area contributed by atoms with Gasteiger partial charge in [-0.2, -0.15) is 0 Å². The molecule has 13 heavy (non-hydrogen) atoms. The second-order valence-corrected chi connectivity index (χ2v) is 4.45. The van der Waals surface area contributed by atoms with Gasteiger partial charge in [0.05, 0.1) is 11.1 Å². The fourth-order valence-corrected chi connectivity index (χ4v) is 2.31. The average molecular weight is 199 g/mol. The molecule has 3 nitrogen and oxygen atoms in total. The first-order valence-electron chi connectivity index (χ1n) is 4.46. The standard InChI is InChI=1S/C9H13NO2S/c11-9(1-3-12-4-2-9)5-8-6-10-7-13-8/h6-7,11H,1-5H2. The van der Waals surface area contributed by atoms with E-state index < -0.39 is 5.60 Å². The van der Waals surface area contributed by atoms with Crippen molar-refractivity contribution in [1.29, 1.82) is 0 Å². The van der Waals surface area contributed by atoms with E-state index in [1.807, 2.05) is 6.20 Å². The lowest BCUT2D eigenvalue weighted by atomic mass is 9.90. The zero-order valence-electron chi connectivity index (χ0n) is 7.40. The summed E-state index contributed by atoms with van der Waals surface area (Å²) in [6.45, 7) is 1.35. The van der Waals surface area contributed by atoms with E-state index in [0.717, 1.165) is 24.1 Å². The second kappa shape index (κ2) is 3.74. The predicted octanol–water partition coefficient (Wildman–Crippen LogP) is 1.23. The smallest absolute Gasteiger partial charge is 0.0794 e. The Hall–Kier alpha value is -0.450. The van der Waals surface area contributed by atoms with Crippen LogP contribution in [0.4, 0.5) is 0 Å². The van der Waals surface area contributed by atoms with Gasteiger partial charge in [-0.1, -0.05) is 0 Å². The predicted molar refractivity (Wildman–Crippen MR) is 50.8 cm³/mol. The van der Waals surface area contributed by atoms with Crippen molar-refractivity contribution in [2.75, 3.05) is 13.2 Å². The van der Waals surface area contributed by atoms with Crippen molar-refractivity contribution in [3.63, 3.8) is 0 Å². The van der Waals surface area contributed by atoms with E-state index in [-0.39, 0.29) is 0 Å². The van der Waals surface area contributed by atoms with Crippen molar-refractivity contribution < 1.29 is 9.84 Å². The van der Waals surface area contributed by atoms with Gasteiger partial charge >= 0.3 is 0 Å². The average Bonchev–Trinajstić information content (AvgIpc) is 2.57. The van der Waals surface area contributed by atoms with Gasteiger partial charge in [-0.05, 0) is 12.8 Å². The molecule has 0 bridgehead atoms. The van der Waals surface area contributed by atoms with E-state index >= 15 is 0 Å². The van der Waals surface area contributed by atoms with Gasteiger partial charge in [0.2, 0.25) is 0 Å². The molecule has 2 rings (SSSR count). The maximum atomic E-state index is 10.1. The van der Waals surface area contributed by atoms with Crippen molar-refractivity contribution in [2.24, 2.45) is 0 Å². The minimum absolute atomic E-state index is 0.551. The van der Waals surface area contributed by atoms with Crippen LogP contribution in [0.25, 0.3) is 0 Å². The number of thiazole rings is 1. The molecule has 1 aliphatic heterocycles. The zero-order valence-corrected chi connectivity index (χ0v) is 8.22. The fourth-order valence-electron chi connectivity index (χ4n) is 1.58. The van der Waals surface area contributed by atoms with E-state index in [4.69, 9.17) is 4.74 Å². The van der Waals surface area contributed by atoms with Crippen LogP contribution >= 0.6 is 11.3 Å². The monoisotopic (exact) mass is 199 g/mol. The fraction of sp³-hybridized carbons (Fsp3) is 0.667. The summed E-state index contributed by atoms with van der Waals surface area (Å²) in [6.07, 6.45) is 4.04. The molecule has 0 spiro atoms. The second-order valence-electron chi connectivity index (χ2n) is 3.48. The first-order chi connectivity index (χ1) is 6.29. The third-order valence-corrected chi connectivity index (χ3v) is 3.19. The molecule has 1 fully saturated rings. The molecule has 0 saturated carbocycles. The molecule has 0 unspecified atom stereocenters. The number of hydrogen-bond donors (Lipinski definition) is 1. The lowest BCUT2D eigenvalue weighted by Gasteiger charge is -2.31. The van der Waals surface area contributed by atoms with Gasteiger partial charge in [-0.3, -0.25) is 4.98 Å². The van der Waals surface area contributed by atoms with Crippen LogP contribution in [-0.2, 0) is 11.2 Å². The molecule has 1 saturated heterocycles. The molecule has 0 aliphatic carbocycles. The Bertz CT molecular complexity index is 255. The summed E-state index contributed by atoms with van der Waals surface area (Å²) in [5.41, 5.74) is 1.25. The van der Waals surface area contributed by atoms with Gasteiger partial charge in [0.1, 0.15) is 0 Å². The van der Waals surface area contributed by atoms with E-state index in [0.29, 0.717) is 13.2 Å². The Balaban J connectivity index is 1.99. The number of aliphatic hydroxyl groups is 1. The Morgan fingerprint density at radius 3 is 2.92 bits per heavy atom. The van der Waals surface area contributed by atoms with Crippen molar-refractivity contribution >= 4 is 11.3 Å². The highest BCUT2D eigenvalue weighted by molar-refractivity contribution is 7.09. The molecule has 1 N–H and O–H groups in total.